The minimum Gasteiger partial charge on any atom is -0.334 e. The summed E-state index contributed by atoms with van der Waals surface area (Å²) in [4.78, 5) is 17.8. The van der Waals surface area contributed by atoms with Gasteiger partial charge in [-0.2, -0.15) is 13.2 Å². The van der Waals surface area contributed by atoms with E-state index in [1.807, 2.05) is 0 Å². The molecule has 3 fully saturated rings. The molecule has 2 atom stereocenters. The lowest BCUT2D eigenvalue weighted by atomic mass is 10.2. The lowest BCUT2D eigenvalue weighted by Gasteiger charge is -2.38. The topological polar surface area (TPSA) is 38.8 Å². The smallest absolute Gasteiger partial charge is 0.334 e. The number of alkyl halides is 3. The molecular formula is C16H27F3N4O. The van der Waals surface area contributed by atoms with Crippen molar-refractivity contribution in [3.05, 3.63) is 0 Å². The molecular weight excluding hydrogens is 321 g/mol. The van der Waals surface area contributed by atoms with E-state index in [-0.39, 0.29) is 25.2 Å². The molecule has 2 amide bonds. The fourth-order valence-corrected chi connectivity index (χ4v) is 3.57. The van der Waals surface area contributed by atoms with Crippen molar-refractivity contribution in [1.82, 2.24) is 20.0 Å². The SMILES string of the molecule is C[C@H](N1CCN(C(=O)N[C@H]2CCN(CC3CC3)C2)CC1)C(F)(F)F. The van der Waals surface area contributed by atoms with Crippen molar-refractivity contribution in [2.24, 2.45) is 5.92 Å². The second-order valence-corrected chi connectivity index (χ2v) is 7.38. The Balaban J connectivity index is 1.39. The number of piperazine rings is 1. The molecule has 0 spiro atoms. The van der Waals surface area contributed by atoms with Crippen molar-refractivity contribution in [2.45, 2.75) is 44.4 Å². The molecule has 3 rings (SSSR count). The largest absolute Gasteiger partial charge is 0.403 e. The van der Waals surface area contributed by atoms with E-state index in [4.69, 9.17) is 0 Å². The van der Waals surface area contributed by atoms with E-state index in [1.165, 1.54) is 24.7 Å². The number of halogens is 3. The van der Waals surface area contributed by atoms with Crippen LogP contribution in [-0.2, 0) is 0 Å². The van der Waals surface area contributed by atoms with Crippen molar-refractivity contribution >= 4 is 6.03 Å². The number of hydrogen-bond donors (Lipinski definition) is 1. The normalized spacial score (nSPS) is 28.2. The summed E-state index contributed by atoms with van der Waals surface area (Å²) in [5.74, 6) is 0.850. The first kappa shape index (κ1) is 17.8. The van der Waals surface area contributed by atoms with E-state index in [2.05, 4.69) is 10.2 Å². The summed E-state index contributed by atoms with van der Waals surface area (Å²) in [6, 6.07) is -1.41. The average Bonchev–Trinajstić information content (AvgIpc) is 3.24. The lowest BCUT2D eigenvalue weighted by molar-refractivity contribution is -0.181. The highest BCUT2D eigenvalue weighted by molar-refractivity contribution is 5.74. The number of likely N-dealkylation sites (tertiary alicyclic amines) is 1. The van der Waals surface area contributed by atoms with E-state index in [0.29, 0.717) is 13.1 Å². The zero-order chi connectivity index (χ0) is 17.3. The maximum Gasteiger partial charge on any atom is 0.403 e. The molecule has 0 bridgehead atoms. The quantitative estimate of drug-likeness (QED) is 0.841. The van der Waals surface area contributed by atoms with Crippen LogP contribution in [0.3, 0.4) is 0 Å². The zero-order valence-electron chi connectivity index (χ0n) is 14.2. The van der Waals surface area contributed by atoms with Crippen LogP contribution in [0.5, 0.6) is 0 Å². The van der Waals surface area contributed by atoms with Gasteiger partial charge in [-0.05, 0) is 32.1 Å². The van der Waals surface area contributed by atoms with E-state index >= 15 is 0 Å². The van der Waals surface area contributed by atoms with Crippen LogP contribution in [0.2, 0.25) is 0 Å². The number of rotatable bonds is 4. The molecule has 0 unspecified atom stereocenters. The summed E-state index contributed by atoms with van der Waals surface area (Å²) >= 11 is 0. The summed E-state index contributed by atoms with van der Waals surface area (Å²) in [6.45, 7) is 5.49. The van der Waals surface area contributed by atoms with Crippen molar-refractivity contribution in [3.8, 4) is 0 Å². The molecule has 2 heterocycles. The number of carbonyl (C=O) groups excluding carboxylic acids is 1. The minimum atomic E-state index is -4.21. The third-order valence-corrected chi connectivity index (χ3v) is 5.44. The Bertz CT molecular complexity index is 447. The van der Waals surface area contributed by atoms with E-state index in [1.54, 1.807) is 4.90 Å². The van der Waals surface area contributed by atoms with Gasteiger partial charge in [0.1, 0.15) is 6.04 Å². The van der Waals surface area contributed by atoms with Gasteiger partial charge in [0.05, 0.1) is 0 Å². The molecule has 0 aromatic heterocycles. The first-order valence-corrected chi connectivity index (χ1v) is 8.91. The van der Waals surface area contributed by atoms with Gasteiger partial charge in [0, 0.05) is 51.9 Å². The van der Waals surface area contributed by atoms with Crippen molar-refractivity contribution in [3.63, 3.8) is 0 Å². The maximum absolute atomic E-state index is 12.8. The number of nitrogens with zero attached hydrogens (tertiary/aromatic N) is 3. The predicted octanol–water partition coefficient (Wildman–Crippen LogP) is 1.75. The van der Waals surface area contributed by atoms with Crippen LogP contribution < -0.4 is 5.32 Å². The van der Waals surface area contributed by atoms with Gasteiger partial charge in [-0.3, -0.25) is 4.90 Å². The highest BCUT2D eigenvalue weighted by Gasteiger charge is 2.41. The van der Waals surface area contributed by atoms with Gasteiger partial charge < -0.3 is 15.1 Å². The van der Waals surface area contributed by atoms with Gasteiger partial charge in [-0.1, -0.05) is 0 Å². The van der Waals surface area contributed by atoms with Gasteiger partial charge in [0.2, 0.25) is 0 Å². The predicted molar refractivity (Wildman–Crippen MR) is 84.8 cm³/mol. The third-order valence-electron chi connectivity index (χ3n) is 5.44. The van der Waals surface area contributed by atoms with Crippen molar-refractivity contribution in [1.29, 1.82) is 0 Å². The Morgan fingerprint density at radius 1 is 1.12 bits per heavy atom. The highest BCUT2D eigenvalue weighted by atomic mass is 19.4. The van der Waals surface area contributed by atoms with Gasteiger partial charge in [0.15, 0.2) is 0 Å². The van der Waals surface area contributed by atoms with E-state index < -0.39 is 12.2 Å². The Morgan fingerprint density at radius 3 is 2.38 bits per heavy atom. The summed E-state index contributed by atoms with van der Waals surface area (Å²) in [5, 5.41) is 3.05. The van der Waals surface area contributed by atoms with E-state index in [0.717, 1.165) is 32.0 Å². The number of nitrogens with one attached hydrogen (secondary N) is 1. The number of hydrogen-bond acceptors (Lipinski definition) is 3. The molecule has 2 aliphatic heterocycles. The van der Waals surface area contributed by atoms with Crippen LogP contribution in [0, 0.1) is 5.92 Å². The van der Waals surface area contributed by atoms with Gasteiger partial charge in [-0.25, -0.2) is 4.79 Å². The lowest BCUT2D eigenvalue weighted by Crippen LogP contribution is -2.57. The molecule has 1 N–H and O–H groups in total. The highest BCUT2D eigenvalue weighted by Crippen LogP contribution is 2.30. The van der Waals surface area contributed by atoms with Crippen molar-refractivity contribution < 1.29 is 18.0 Å². The maximum atomic E-state index is 12.8. The Kier molecular flexibility index (Phi) is 5.24. The molecule has 1 aliphatic carbocycles. The summed E-state index contributed by atoms with van der Waals surface area (Å²) < 4.78 is 38.3. The monoisotopic (exact) mass is 348 g/mol. The van der Waals surface area contributed by atoms with Crippen LogP contribution in [0.25, 0.3) is 0 Å². The third kappa shape index (κ3) is 4.53. The van der Waals surface area contributed by atoms with Gasteiger partial charge in [0.25, 0.3) is 0 Å². The molecule has 5 nitrogen and oxygen atoms in total. The second kappa shape index (κ2) is 7.07. The molecule has 24 heavy (non-hydrogen) atoms. The van der Waals surface area contributed by atoms with Crippen LogP contribution in [-0.4, -0.2) is 84.8 Å². The Hall–Kier alpha value is -1.02. The molecule has 138 valence electrons. The molecule has 0 aromatic carbocycles. The summed E-state index contributed by atoms with van der Waals surface area (Å²) in [7, 11) is 0. The first-order chi connectivity index (χ1) is 11.3. The van der Waals surface area contributed by atoms with Crippen LogP contribution in [0.15, 0.2) is 0 Å². The summed E-state index contributed by atoms with van der Waals surface area (Å²) in [6.07, 6.45) is -0.592. The number of urea groups is 1. The number of carbonyl (C=O) groups is 1. The second-order valence-electron chi connectivity index (χ2n) is 7.38. The Labute approximate surface area is 141 Å². The standard InChI is InChI=1S/C16H27F3N4O/c1-12(16(17,18)19)22-6-8-23(9-7-22)15(24)20-14-4-5-21(11-14)10-13-2-3-13/h12-14H,2-11H2,1H3,(H,20,24)/t12-,14-/m0/s1. The zero-order valence-corrected chi connectivity index (χ0v) is 14.2. The molecule has 0 radical (unpaired) electrons. The average molecular weight is 348 g/mol. The van der Waals surface area contributed by atoms with Crippen molar-refractivity contribution in [2.75, 3.05) is 45.8 Å². The Morgan fingerprint density at radius 2 is 1.79 bits per heavy atom. The van der Waals surface area contributed by atoms with Gasteiger partial charge in [-0.15, -0.1) is 0 Å². The summed E-state index contributed by atoms with van der Waals surface area (Å²) in [5.41, 5.74) is 0. The van der Waals surface area contributed by atoms with Crippen LogP contribution in [0.4, 0.5) is 18.0 Å². The fraction of sp³-hybridized carbons (Fsp3) is 0.938. The first-order valence-electron chi connectivity index (χ1n) is 8.91. The fourth-order valence-electron chi connectivity index (χ4n) is 3.57. The molecule has 0 aromatic rings. The molecule has 8 heteroatoms. The van der Waals surface area contributed by atoms with E-state index in [9.17, 15) is 18.0 Å². The minimum absolute atomic E-state index is 0.132. The van der Waals surface area contributed by atoms with Crippen LogP contribution in [0.1, 0.15) is 26.2 Å². The number of amides is 2. The molecule has 1 saturated carbocycles. The van der Waals surface area contributed by atoms with Gasteiger partial charge >= 0.3 is 12.2 Å². The van der Waals surface area contributed by atoms with Crippen LogP contribution >= 0.6 is 0 Å². The molecule has 3 aliphatic rings. The molecule has 2 saturated heterocycles.